The summed E-state index contributed by atoms with van der Waals surface area (Å²) in [6.07, 6.45) is 0. The number of rotatable bonds is 2. The first-order valence-electron chi connectivity index (χ1n) is 3.61. The molecule has 0 aliphatic carbocycles. The van der Waals surface area contributed by atoms with Crippen LogP contribution >= 0.6 is 11.6 Å². The van der Waals surface area contributed by atoms with Crippen molar-refractivity contribution in [2.24, 2.45) is 5.73 Å². The van der Waals surface area contributed by atoms with Crippen LogP contribution in [0.3, 0.4) is 0 Å². The number of hydrogen-bond acceptors (Lipinski definition) is 1. The third kappa shape index (κ3) is 1.98. The van der Waals surface area contributed by atoms with E-state index in [2.05, 4.69) is 0 Å². The molecule has 0 fully saturated rings. The lowest BCUT2D eigenvalue weighted by atomic mass is 10.1. The molecule has 0 saturated heterocycles. The Morgan fingerprint density at radius 1 is 1.58 bits per heavy atom. The molecule has 0 saturated carbocycles. The van der Waals surface area contributed by atoms with E-state index in [0.29, 0.717) is 0 Å². The molecule has 0 aliphatic heterocycles. The molecule has 1 amide bonds. The highest BCUT2D eigenvalue weighted by Gasteiger charge is 2.13. The fraction of sp³-hybridized carbons (Fsp3) is 0.222. The smallest absolute Gasteiger partial charge is 0.240 e. The number of halogens is 1. The number of amides is 1. The first-order valence-corrected chi connectivity index (χ1v) is 4.05. The first-order chi connectivity index (χ1) is 5.61. The van der Waals surface area contributed by atoms with Crippen molar-refractivity contribution in [1.29, 1.82) is 0 Å². The van der Waals surface area contributed by atoms with Crippen LogP contribution in [0.25, 0.3) is 0 Å². The number of benzene rings is 1. The summed E-state index contributed by atoms with van der Waals surface area (Å²) in [5.74, 6) is -0.512. The Labute approximate surface area is 76.3 Å². The molecule has 1 unspecified atom stereocenters. The second kappa shape index (κ2) is 3.59. The zero-order valence-corrected chi connectivity index (χ0v) is 7.51. The molecule has 1 aromatic rings. The quantitative estimate of drug-likeness (QED) is 0.698. The zero-order valence-electron chi connectivity index (χ0n) is 6.75. The lowest BCUT2D eigenvalue weighted by molar-refractivity contribution is -0.117. The van der Waals surface area contributed by atoms with Crippen LogP contribution in [0.5, 0.6) is 0 Å². The number of primary amides is 1. The summed E-state index contributed by atoms with van der Waals surface area (Å²) in [6, 6.07) is 7.43. The molecule has 3 heteroatoms. The molecule has 2 nitrogen and oxygen atoms in total. The van der Waals surface area contributed by atoms with Crippen LogP contribution in [-0.2, 0) is 4.79 Å². The van der Waals surface area contributed by atoms with Crippen LogP contribution in [-0.4, -0.2) is 5.91 Å². The maximum absolute atomic E-state index is 10.7. The molecule has 0 aromatic heterocycles. The van der Waals surface area contributed by atoms with Crippen molar-refractivity contribution < 1.29 is 4.79 Å². The van der Waals surface area contributed by atoms with E-state index < -0.39 is 11.3 Å². The third-order valence-corrected chi connectivity index (χ3v) is 2.05. The molecular weight excluding hydrogens is 174 g/mol. The summed E-state index contributed by atoms with van der Waals surface area (Å²) in [5.41, 5.74) is 6.87. The Morgan fingerprint density at radius 3 is 2.75 bits per heavy atom. The summed E-state index contributed by atoms with van der Waals surface area (Å²) in [4.78, 5) is 10.7. The average molecular weight is 184 g/mol. The van der Waals surface area contributed by atoms with Gasteiger partial charge in [0.1, 0.15) is 5.38 Å². The Balaban J connectivity index is 2.95. The molecule has 1 aromatic carbocycles. The monoisotopic (exact) mass is 183 g/mol. The summed E-state index contributed by atoms with van der Waals surface area (Å²) in [5, 5.41) is -0.718. The van der Waals surface area contributed by atoms with Crippen molar-refractivity contribution in [3.8, 4) is 0 Å². The molecule has 12 heavy (non-hydrogen) atoms. The summed E-state index contributed by atoms with van der Waals surface area (Å²) >= 11 is 5.74. The molecule has 2 N–H and O–H groups in total. The minimum Gasteiger partial charge on any atom is -0.368 e. The molecular formula is C9H10ClNO. The lowest BCUT2D eigenvalue weighted by Gasteiger charge is -2.05. The molecule has 1 atom stereocenters. The number of aryl methyl sites for hydroxylation is 1. The molecule has 64 valence electrons. The van der Waals surface area contributed by atoms with Crippen molar-refractivity contribution in [3.05, 3.63) is 35.4 Å². The van der Waals surface area contributed by atoms with Crippen LogP contribution in [0, 0.1) is 6.92 Å². The maximum Gasteiger partial charge on any atom is 0.240 e. The van der Waals surface area contributed by atoms with Gasteiger partial charge < -0.3 is 5.73 Å². The van der Waals surface area contributed by atoms with Gasteiger partial charge in [-0.1, -0.05) is 29.8 Å². The third-order valence-electron chi connectivity index (χ3n) is 1.58. The highest BCUT2D eigenvalue weighted by atomic mass is 35.5. The van der Waals surface area contributed by atoms with E-state index >= 15 is 0 Å². The number of alkyl halides is 1. The van der Waals surface area contributed by atoms with E-state index in [1.165, 1.54) is 0 Å². The van der Waals surface area contributed by atoms with Gasteiger partial charge in [0.2, 0.25) is 5.91 Å². The van der Waals surface area contributed by atoms with Crippen LogP contribution in [0.15, 0.2) is 24.3 Å². The van der Waals surface area contributed by atoms with E-state index in [-0.39, 0.29) is 0 Å². The molecule has 0 aliphatic rings. The van der Waals surface area contributed by atoms with Gasteiger partial charge in [0, 0.05) is 0 Å². The summed E-state index contributed by atoms with van der Waals surface area (Å²) in [7, 11) is 0. The normalized spacial score (nSPS) is 12.5. The van der Waals surface area contributed by atoms with Crippen molar-refractivity contribution in [2.45, 2.75) is 12.3 Å². The first kappa shape index (κ1) is 9.07. The number of nitrogens with two attached hydrogens (primary N) is 1. The Bertz CT molecular complexity index is 298. The summed E-state index contributed by atoms with van der Waals surface area (Å²) in [6.45, 7) is 1.94. The second-order valence-electron chi connectivity index (χ2n) is 2.68. The van der Waals surface area contributed by atoms with E-state index in [4.69, 9.17) is 17.3 Å². The molecule has 0 radical (unpaired) electrons. The van der Waals surface area contributed by atoms with Crippen LogP contribution in [0.4, 0.5) is 0 Å². The highest BCUT2D eigenvalue weighted by molar-refractivity contribution is 6.30. The van der Waals surface area contributed by atoms with Crippen molar-refractivity contribution in [2.75, 3.05) is 0 Å². The van der Waals surface area contributed by atoms with Crippen LogP contribution < -0.4 is 5.73 Å². The molecule has 0 spiro atoms. The maximum atomic E-state index is 10.7. The SMILES string of the molecule is Cc1cccc(C(Cl)C(N)=O)c1. The average Bonchev–Trinajstić information content (AvgIpc) is 2.03. The van der Waals surface area contributed by atoms with Gasteiger partial charge in [-0.25, -0.2) is 0 Å². The van der Waals surface area contributed by atoms with Gasteiger partial charge in [-0.05, 0) is 12.5 Å². The van der Waals surface area contributed by atoms with E-state index in [1.54, 1.807) is 6.07 Å². The predicted octanol–water partition coefficient (Wildman–Crippen LogP) is 1.76. The predicted molar refractivity (Wildman–Crippen MR) is 49.0 cm³/mol. The Kier molecular flexibility index (Phi) is 2.71. The van der Waals surface area contributed by atoms with Crippen LogP contribution in [0.2, 0.25) is 0 Å². The Hall–Kier alpha value is -1.02. The van der Waals surface area contributed by atoms with Gasteiger partial charge in [-0.2, -0.15) is 0 Å². The topological polar surface area (TPSA) is 43.1 Å². The standard InChI is InChI=1S/C9H10ClNO/c1-6-3-2-4-7(5-6)8(10)9(11)12/h2-5,8H,1H3,(H2,11,12). The highest BCUT2D eigenvalue weighted by Crippen LogP contribution is 2.20. The minimum atomic E-state index is -0.718. The second-order valence-corrected chi connectivity index (χ2v) is 3.12. The molecule has 1 rings (SSSR count). The number of carbonyl (C=O) groups excluding carboxylic acids is 1. The number of hydrogen-bond donors (Lipinski definition) is 1. The molecule has 0 heterocycles. The fourth-order valence-corrected chi connectivity index (χ4v) is 1.13. The van der Waals surface area contributed by atoms with Gasteiger partial charge in [0.15, 0.2) is 0 Å². The van der Waals surface area contributed by atoms with Crippen molar-refractivity contribution >= 4 is 17.5 Å². The zero-order chi connectivity index (χ0) is 9.14. The largest absolute Gasteiger partial charge is 0.368 e. The van der Waals surface area contributed by atoms with Gasteiger partial charge in [0.25, 0.3) is 0 Å². The van der Waals surface area contributed by atoms with E-state index in [9.17, 15) is 4.79 Å². The van der Waals surface area contributed by atoms with Gasteiger partial charge in [0.05, 0.1) is 0 Å². The lowest BCUT2D eigenvalue weighted by Crippen LogP contribution is -2.16. The fourth-order valence-electron chi connectivity index (χ4n) is 0.992. The molecule has 0 bridgehead atoms. The summed E-state index contributed by atoms with van der Waals surface area (Å²) < 4.78 is 0. The van der Waals surface area contributed by atoms with Crippen molar-refractivity contribution in [3.63, 3.8) is 0 Å². The van der Waals surface area contributed by atoms with Gasteiger partial charge >= 0.3 is 0 Å². The minimum absolute atomic E-state index is 0.512. The van der Waals surface area contributed by atoms with Crippen LogP contribution in [0.1, 0.15) is 16.5 Å². The van der Waals surface area contributed by atoms with E-state index in [0.717, 1.165) is 11.1 Å². The Morgan fingerprint density at radius 2 is 2.25 bits per heavy atom. The number of carbonyl (C=O) groups is 1. The van der Waals surface area contributed by atoms with Gasteiger partial charge in [-0.3, -0.25) is 4.79 Å². The van der Waals surface area contributed by atoms with Gasteiger partial charge in [-0.15, -0.1) is 11.6 Å². The van der Waals surface area contributed by atoms with Crippen molar-refractivity contribution in [1.82, 2.24) is 0 Å². The van der Waals surface area contributed by atoms with E-state index in [1.807, 2.05) is 25.1 Å².